The molecule has 88 valence electrons. The summed E-state index contributed by atoms with van der Waals surface area (Å²) in [6.45, 7) is 7.35. The summed E-state index contributed by atoms with van der Waals surface area (Å²) in [6.07, 6.45) is 2.71. The number of piperazine rings is 1. The number of likely N-dealkylation sites (tertiary alicyclic amines) is 1. The van der Waals surface area contributed by atoms with Gasteiger partial charge in [0.25, 0.3) is 0 Å². The van der Waals surface area contributed by atoms with Gasteiger partial charge in [0.2, 0.25) is 0 Å². The lowest BCUT2D eigenvalue weighted by molar-refractivity contribution is 0.0473. The average molecular weight is 212 g/mol. The van der Waals surface area contributed by atoms with Crippen LogP contribution in [-0.2, 0) is 0 Å². The van der Waals surface area contributed by atoms with Crippen molar-refractivity contribution in [2.24, 2.45) is 0 Å². The lowest BCUT2D eigenvalue weighted by Crippen LogP contribution is -2.55. The number of hydrogen-bond acceptors (Lipinski definition) is 4. The fourth-order valence-corrected chi connectivity index (χ4v) is 2.67. The predicted molar refractivity (Wildman–Crippen MR) is 62.7 cm³/mol. The minimum Gasteiger partial charge on any atom is -0.306 e. The van der Waals surface area contributed by atoms with Crippen molar-refractivity contribution in [2.75, 3.05) is 53.4 Å². The van der Waals surface area contributed by atoms with Crippen LogP contribution in [0.1, 0.15) is 12.8 Å². The molecule has 0 radical (unpaired) electrons. The third-order valence-corrected chi connectivity index (χ3v) is 3.83. The standard InChI is InChI=1S/C11H24N4/c1-12-15-9-7-14(8-10-15)11-3-5-13(2)6-4-11/h11-12H,3-10H2,1-2H3. The van der Waals surface area contributed by atoms with E-state index in [0.717, 1.165) is 6.04 Å². The Labute approximate surface area is 93.2 Å². The van der Waals surface area contributed by atoms with E-state index < -0.39 is 0 Å². The van der Waals surface area contributed by atoms with Crippen LogP contribution in [0.4, 0.5) is 0 Å². The van der Waals surface area contributed by atoms with E-state index in [-0.39, 0.29) is 0 Å². The van der Waals surface area contributed by atoms with E-state index in [1.165, 1.54) is 52.1 Å². The zero-order valence-electron chi connectivity index (χ0n) is 10.1. The molecule has 0 aromatic rings. The Bertz CT molecular complexity index is 181. The fourth-order valence-electron chi connectivity index (χ4n) is 2.67. The SMILES string of the molecule is CNN1CCN(C2CCN(C)CC2)CC1. The molecule has 0 amide bonds. The molecule has 1 N–H and O–H groups in total. The Balaban J connectivity index is 1.75. The van der Waals surface area contributed by atoms with Crippen molar-refractivity contribution in [3.8, 4) is 0 Å². The summed E-state index contributed by atoms with van der Waals surface area (Å²) in [5.74, 6) is 0. The molecular formula is C11H24N4. The van der Waals surface area contributed by atoms with Gasteiger partial charge in [0, 0.05) is 32.2 Å². The zero-order valence-corrected chi connectivity index (χ0v) is 10.1. The molecule has 0 unspecified atom stereocenters. The maximum Gasteiger partial charge on any atom is 0.0259 e. The highest BCUT2D eigenvalue weighted by molar-refractivity contribution is 4.81. The highest BCUT2D eigenvalue weighted by Gasteiger charge is 2.25. The van der Waals surface area contributed by atoms with Gasteiger partial charge in [0.1, 0.15) is 0 Å². The highest BCUT2D eigenvalue weighted by Crippen LogP contribution is 2.16. The highest BCUT2D eigenvalue weighted by atomic mass is 15.5. The monoisotopic (exact) mass is 212 g/mol. The Morgan fingerprint density at radius 3 is 2.07 bits per heavy atom. The predicted octanol–water partition coefficient (Wildman–Crippen LogP) is -0.167. The lowest BCUT2D eigenvalue weighted by atomic mass is 10.0. The third-order valence-electron chi connectivity index (χ3n) is 3.83. The van der Waals surface area contributed by atoms with Gasteiger partial charge in [-0.15, -0.1) is 0 Å². The molecule has 2 aliphatic heterocycles. The Kier molecular flexibility index (Phi) is 3.97. The number of rotatable bonds is 2. The molecule has 0 saturated carbocycles. The van der Waals surface area contributed by atoms with Crippen LogP contribution in [0.25, 0.3) is 0 Å². The average Bonchev–Trinajstić information content (AvgIpc) is 2.30. The normalized spacial score (nSPS) is 28.4. The second kappa shape index (κ2) is 5.25. The largest absolute Gasteiger partial charge is 0.306 e. The van der Waals surface area contributed by atoms with E-state index in [9.17, 15) is 0 Å². The smallest absolute Gasteiger partial charge is 0.0259 e. The van der Waals surface area contributed by atoms with Crippen LogP contribution in [0, 0.1) is 0 Å². The van der Waals surface area contributed by atoms with E-state index in [1.807, 2.05) is 7.05 Å². The van der Waals surface area contributed by atoms with E-state index >= 15 is 0 Å². The van der Waals surface area contributed by atoms with Crippen LogP contribution in [0.3, 0.4) is 0 Å². The molecule has 0 atom stereocenters. The topological polar surface area (TPSA) is 21.8 Å². The van der Waals surface area contributed by atoms with Crippen LogP contribution >= 0.6 is 0 Å². The van der Waals surface area contributed by atoms with Gasteiger partial charge in [0.15, 0.2) is 0 Å². The van der Waals surface area contributed by atoms with Crippen LogP contribution in [-0.4, -0.2) is 74.2 Å². The van der Waals surface area contributed by atoms with E-state index in [1.54, 1.807) is 0 Å². The minimum absolute atomic E-state index is 0.847. The zero-order chi connectivity index (χ0) is 10.7. The van der Waals surface area contributed by atoms with Crippen molar-refractivity contribution in [3.63, 3.8) is 0 Å². The molecule has 2 heterocycles. The molecule has 2 saturated heterocycles. The molecule has 4 nitrogen and oxygen atoms in total. The van der Waals surface area contributed by atoms with E-state index in [4.69, 9.17) is 0 Å². The number of nitrogens with one attached hydrogen (secondary N) is 1. The Morgan fingerprint density at radius 1 is 0.933 bits per heavy atom. The third kappa shape index (κ3) is 2.91. The molecular weight excluding hydrogens is 188 g/mol. The summed E-state index contributed by atoms with van der Waals surface area (Å²) in [4.78, 5) is 5.13. The molecule has 0 aromatic heterocycles. The number of hydrogen-bond donors (Lipinski definition) is 1. The second-order valence-electron chi connectivity index (χ2n) is 4.78. The van der Waals surface area contributed by atoms with Gasteiger partial charge >= 0.3 is 0 Å². The Morgan fingerprint density at radius 2 is 1.53 bits per heavy atom. The molecule has 0 spiro atoms. The van der Waals surface area contributed by atoms with Crippen molar-refractivity contribution in [3.05, 3.63) is 0 Å². The first-order valence-electron chi connectivity index (χ1n) is 6.14. The molecule has 0 bridgehead atoms. The fraction of sp³-hybridized carbons (Fsp3) is 1.00. The maximum absolute atomic E-state index is 3.23. The van der Waals surface area contributed by atoms with Gasteiger partial charge in [-0.1, -0.05) is 0 Å². The van der Waals surface area contributed by atoms with Gasteiger partial charge in [-0.25, -0.2) is 5.01 Å². The molecule has 2 aliphatic rings. The van der Waals surface area contributed by atoms with Crippen LogP contribution < -0.4 is 5.43 Å². The van der Waals surface area contributed by atoms with Gasteiger partial charge < -0.3 is 4.90 Å². The lowest BCUT2D eigenvalue weighted by Gasteiger charge is -2.41. The summed E-state index contributed by atoms with van der Waals surface area (Å²) in [5.41, 5.74) is 3.23. The van der Waals surface area contributed by atoms with E-state index in [2.05, 4.69) is 27.3 Å². The first-order valence-corrected chi connectivity index (χ1v) is 6.14. The van der Waals surface area contributed by atoms with E-state index in [0.29, 0.717) is 0 Å². The number of hydrazine groups is 1. The van der Waals surface area contributed by atoms with Crippen LogP contribution in [0.2, 0.25) is 0 Å². The van der Waals surface area contributed by atoms with Crippen LogP contribution in [0.15, 0.2) is 0 Å². The first-order chi connectivity index (χ1) is 7.29. The quantitative estimate of drug-likeness (QED) is 0.686. The van der Waals surface area contributed by atoms with Gasteiger partial charge in [-0.2, -0.15) is 0 Å². The summed E-state index contributed by atoms with van der Waals surface area (Å²) in [6, 6.07) is 0.847. The van der Waals surface area contributed by atoms with Crippen molar-refractivity contribution < 1.29 is 0 Å². The summed E-state index contributed by atoms with van der Waals surface area (Å²) in [7, 11) is 4.25. The summed E-state index contributed by atoms with van der Waals surface area (Å²) >= 11 is 0. The molecule has 2 fully saturated rings. The molecule has 15 heavy (non-hydrogen) atoms. The maximum atomic E-state index is 3.23. The molecule has 0 aromatic carbocycles. The van der Waals surface area contributed by atoms with Crippen molar-refractivity contribution in [2.45, 2.75) is 18.9 Å². The van der Waals surface area contributed by atoms with Crippen LogP contribution in [0.5, 0.6) is 0 Å². The number of piperidine rings is 1. The molecule has 2 rings (SSSR count). The number of nitrogens with zero attached hydrogens (tertiary/aromatic N) is 3. The van der Waals surface area contributed by atoms with Crippen molar-refractivity contribution in [1.29, 1.82) is 0 Å². The summed E-state index contributed by atoms with van der Waals surface area (Å²) in [5, 5.41) is 2.31. The molecule has 0 aliphatic carbocycles. The molecule has 4 heteroatoms. The van der Waals surface area contributed by atoms with Gasteiger partial charge in [-0.3, -0.25) is 10.3 Å². The first kappa shape index (κ1) is 11.3. The van der Waals surface area contributed by atoms with Gasteiger partial charge in [0.05, 0.1) is 0 Å². The Hall–Kier alpha value is -0.160. The van der Waals surface area contributed by atoms with Gasteiger partial charge in [-0.05, 0) is 40.0 Å². The van der Waals surface area contributed by atoms with Crippen molar-refractivity contribution in [1.82, 2.24) is 20.2 Å². The minimum atomic E-state index is 0.847. The van der Waals surface area contributed by atoms with Crippen molar-refractivity contribution >= 4 is 0 Å². The summed E-state index contributed by atoms with van der Waals surface area (Å²) < 4.78 is 0. The second-order valence-corrected chi connectivity index (χ2v) is 4.78.